The van der Waals surface area contributed by atoms with Crippen LogP contribution in [-0.4, -0.2) is 31.4 Å². The maximum absolute atomic E-state index is 12.2. The van der Waals surface area contributed by atoms with E-state index in [1.807, 2.05) is 25.1 Å². The van der Waals surface area contributed by atoms with Gasteiger partial charge >= 0.3 is 5.97 Å². The molecular formula is C19H15Cl2N5O2. The molecule has 9 heteroatoms. The minimum Gasteiger partial charge on any atom is -0.432 e. The van der Waals surface area contributed by atoms with Crippen LogP contribution in [0.1, 0.15) is 43.1 Å². The van der Waals surface area contributed by atoms with Crippen LogP contribution in [0.3, 0.4) is 0 Å². The van der Waals surface area contributed by atoms with Crippen LogP contribution in [0.25, 0.3) is 5.69 Å². The molecule has 7 nitrogen and oxygen atoms in total. The van der Waals surface area contributed by atoms with Gasteiger partial charge in [0.2, 0.25) is 5.82 Å². The van der Waals surface area contributed by atoms with Gasteiger partial charge in [-0.2, -0.15) is 0 Å². The molecule has 3 heterocycles. The number of pyridine rings is 1. The minimum atomic E-state index is -0.985. The quantitative estimate of drug-likeness (QED) is 0.471. The van der Waals surface area contributed by atoms with Crippen molar-refractivity contribution in [1.82, 2.24) is 19.7 Å². The van der Waals surface area contributed by atoms with Gasteiger partial charge in [-0.15, -0.1) is 10.2 Å². The van der Waals surface area contributed by atoms with Gasteiger partial charge in [-0.25, -0.2) is 9.98 Å². The predicted molar refractivity (Wildman–Crippen MR) is 105 cm³/mol. The van der Waals surface area contributed by atoms with E-state index in [1.165, 1.54) is 6.33 Å². The van der Waals surface area contributed by atoms with Crippen molar-refractivity contribution in [3.8, 4) is 5.69 Å². The summed E-state index contributed by atoms with van der Waals surface area (Å²) >= 11 is 12.6. The number of aliphatic imine (C=N–C) groups is 1. The van der Waals surface area contributed by atoms with E-state index in [0.717, 1.165) is 0 Å². The fourth-order valence-corrected chi connectivity index (χ4v) is 3.32. The number of hydrogen-bond acceptors (Lipinski definition) is 6. The summed E-state index contributed by atoms with van der Waals surface area (Å²) in [5.41, 5.74) is 2.27. The van der Waals surface area contributed by atoms with E-state index in [0.29, 0.717) is 45.1 Å². The first kappa shape index (κ1) is 18.6. The smallest absolute Gasteiger partial charge is 0.308 e. The number of rotatable bonds is 4. The Kier molecular flexibility index (Phi) is 5.11. The van der Waals surface area contributed by atoms with E-state index in [1.54, 1.807) is 22.8 Å². The summed E-state index contributed by atoms with van der Waals surface area (Å²) in [6.45, 7) is 1.90. The summed E-state index contributed by atoms with van der Waals surface area (Å²) in [4.78, 5) is 21.3. The first-order valence-electron chi connectivity index (χ1n) is 8.68. The Hall–Kier alpha value is -2.77. The van der Waals surface area contributed by atoms with Crippen molar-refractivity contribution in [3.63, 3.8) is 0 Å². The molecule has 1 aliphatic heterocycles. The lowest BCUT2D eigenvalue weighted by atomic mass is 10.1. The number of carbonyl (C=O) groups excluding carboxylic acids is 1. The molecule has 3 aromatic rings. The van der Waals surface area contributed by atoms with Gasteiger partial charge in [0.25, 0.3) is 6.23 Å². The summed E-state index contributed by atoms with van der Waals surface area (Å²) in [5.74, 6) is -0.00173. The second-order valence-electron chi connectivity index (χ2n) is 6.11. The zero-order chi connectivity index (χ0) is 19.7. The third-order valence-electron chi connectivity index (χ3n) is 4.19. The average molecular weight is 416 g/mol. The Labute approximate surface area is 171 Å². The molecule has 28 heavy (non-hydrogen) atoms. The van der Waals surface area contributed by atoms with Crippen LogP contribution in [0.4, 0.5) is 0 Å². The van der Waals surface area contributed by atoms with Gasteiger partial charge in [-0.3, -0.25) is 9.36 Å². The van der Waals surface area contributed by atoms with Gasteiger partial charge in [-0.1, -0.05) is 48.3 Å². The van der Waals surface area contributed by atoms with Crippen molar-refractivity contribution in [3.05, 3.63) is 70.0 Å². The summed E-state index contributed by atoms with van der Waals surface area (Å²) in [6, 6.07) is 10.7. The molecule has 1 atom stereocenters. The Morgan fingerprint density at radius 2 is 2.04 bits per heavy atom. The molecule has 1 unspecified atom stereocenters. The van der Waals surface area contributed by atoms with Crippen molar-refractivity contribution in [2.75, 3.05) is 0 Å². The van der Waals surface area contributed by atoms with E-state index in [4.69, 9.17) is 27.9 Å². The molecule has 0 bridgehead atoms. The Morgan fingerprint density at radius 1 is 1.21 bits per heavy atom. The second kappa shape index (κ2) is 7.69. The molecular weight excluding hydrogens is 401 g/mol. The van der Waals surface area contributed by atoms with E-state index in [9.17, 15) is 4.79 Å². The van der Waals surface area contributed by atoms with Crippen LogP contribution in [0.5, 0.6) is 0 Å². The standard InChI is InChI=1S/C19H15Cl2N5O2/c1-2-5-15(27)28-19-18-25-22-10-26(18)13-8-9-14(21)23-17(13)16(24-19)11-6-3-4-7-12(11)20/h3-4,6-10,19H,2,5H2,1H3. The maximum Gasteiger partial charge on any atom is 0.308 e. The van der Waals surface area contributed by atoms with Crippen LogP contribution >= 0.6 is 23.2 Å². The van der Waals surface area contributed by atoms with E-state index in [2.05, 4.69) is 20.2 Å². The molecule has 0 spiro atoms. The highest BCUT2D eigenvalue weighted by Gasteiger charge is 2.30. The molecule has 1 aliphatic rings. The van der Waals surface area contributed by atoms with Crippen LogP contribution in [0, 0.1) is 0 Å². The third-order valence-corrected chi connectivity index (χ3v) is 4.73. The van der Waals surface area contributed by atoms with Gasteiger partial charge < -0.3 is 4.74 Å². The molecule has 0 N–H and O–H groups in total. The zero-order valence-corrected chi connectivity index (χ0v) is 16.4. The molecule has 0 amide bonds. The normalized spacial score (nSPS) is 15.2. The lowest BCUT2D eigenvalue weighted by molar-refractivity contribution is -0.149. The number of fused-ring (bicyclic) bond motifs is 3. The van der Waals surface area contributed by atoms with Crippen LogP contribution in [0.2, 0.25) is 10.2 Å². The highest BCUT2D eigenvalue weighted by atomic mass is 35.5. The monoisotopic (exact) mass is 415 g/mol. The summed E-state index contributed by atoms with van der Waals surface area (Å²) in [6.07, 6.45) is 1.48. The Morgan fingerprint density at radius 3 is 2.82 bits per heavy atom. The van der Waals surface area contributed by atoms with Gasteiger partial charge in [0.15, 0.2) is 0 Å². The number of halogens is 2. The number of nitrogens with zero attached hydrogens (tertiary/aromatic N) is 5. The van der Waals surface area contributed by atoms with Crippen LogP contribution < -0.4 is 0 Å². The minimum absolute atomic E-state index is 0.276. The van der Waals surface area contributed by atoms with Gasteiger partial charge in [0.1, 0.15) is 17.2 Å². The van der Waals surface area contributed by atoms with E-state index < -0.39 is 6.23 Å². The molecule has 142 valence electrons. The zero-order valence-electron chi connectivity index (χ0n) is 14.8. The molecule has 4 rings (SSSR count). The van der Waals surface area contributed by atoms with E-state index >= 15 is 0 Å². The first-order chi connectivity index (χ1) is 13.6. The van der Waals surface area contributed by atoms with Crippen LogP contribution in [-0.2, 0) is 9.53 Å². The van der Waals surface area contributed by atoms with Gasteiger partial charge in [0.05, 0.1) is 16.4 Å². The molecule has 0 saturated carbocycles. The maximum atomic E-state index is 12.2. The fraction of sp³-hybridized carbons (Fsp3) is 0.211. The summed E-state index contributed by atoms with van der Waals surface area (Å²) in [7, 11) is 0. The van der Waals surface area contributed by atoms with Gasteiger partial charge in [0, 0.05) is 12.0 Å². The van der Waals surface area contributed by atoms with Crippen molar-refractivity contribution < 1.29 is 9.53 Å². The van der Waals surface area contributed by atoms with Crippen molar-refractivity contribution in [2.45, 2.75) is 26.0 Å². The Bertz CT molecular complexity index is 1080. The van der Waals surface area contributed by atoms with E-state index in [-0.39, 0.29) is 12.4 Å². The highest BCUT2D eigenvalue weighted by molar-refractivity contribution is 6.35. The van der Waals surface area contributed by atoms with Crippen molar-refractivity contribution in [1.29, 1.82) is 0 Å². The van der Waals surface area contributed by atoms with Crippen LogP contribution in [0.15, 0.2) is 47.7 Å². The van der Waals surface area contributed by atoms with Crippen molar-refractivity contribution >= 4 is 34.9 Å². The topological polar surface area (TPSA) is 82.3 Å². The number of benzene rings is 1. The lowest BCUT2D eigenvalue weighted by Crippen LogP contribution is -2.14. The molecule has 0 fully saturated rings. The molecule has 0 aliphatic carbocycles. The number of hydrogen-bond donors (Lipinski definition) is 0. The second-order valence-corrected chi connectivity index (χ2v) is 6.91. The molecule has 0 radical (unpaired) electrons. The first-order valence-corrected chi connectivity index (χ1v) is 9.43. The lowest BCUT2D eigenvalue weighted by Gasteiger charge is -2.13. The summed E-state index contributed by atoms with van der Waals surface area (Å²) < 4.78 is 7.29. The van der Waals surface area contributed by atoms with Gasteiger partial charge in [-0.05, 0) is 24.6 Å². The predicted octanol–water partition coefficient (Wildman–Crippen LogP) is 4.16. The largest absolute Gasteiger partial charge is 0.432 e. The third kappa shape index (κ3) is 3.39. The molecule has 1 aromatic carbocycles. The number of esters is 1. The highest BCUT2D eigenvalue weighted by Crippen LogP contribution is 2.32. The average Bonchev–Trinajstić information content (AvgIpc) is 3.11. The fourth-order valence-electron chi connectivity index (χ4n) is 2.95. The Balaban J connectivity index is 1.95. The molecule has 2 aromatic heterocycles. The molecule has 0 saturated heterocycles. The number of ether oxygens (including phenoxy) is 1. The number of carbonyl (C=O) groups is 1. The number of aromatic nitrogens is 4. The van der Waals surface area contributed by atoms with Crippen molar-refractivity contribution in [2.24, 2.45) is 4.99 Å². The summed E-state index contributed by atoms with van der Waals surface area (Å²) in [5, 5.41) is 8.86. The SMILES string of the molecule is CCCC(=O)OC1N=C(c2ccccc2Cl)c2nc(Cl)ccc2-n2cnnc21.